The number of aromatic nitrogens is 6. The van der Waals surface area contributed by atoms with Crippen molar-refractivity contribution in [2.24, 2.45) is 0 Å². The van der Waals surface area contributed by atoms with Crippen molar-refractivity contribution < 1.29 is 0 Å². The lowest BCUT2D eigenvalue weighted by Gasteiger charge is -2.11. The van der Waals surface area contributed by atoms with E-state index in [0.29, 0.717) is 44.1 Å². The predicted molar refractivity (Wildman–Crippen MR) is 122 cm³/mol. The summed E-state index contributed by atoms with van der Waals surface area (Å²) in [4.78, 5) is 44.8. The largest absolute Gasteiger partial charge is 0.268 e. The molecule has 148 valence electrons. The van der Waals surface area contributed by atoms with Gasteiger partial charge in [-0.1, -0.05) is 0 Å². The van der Waals surface area contributed by atoms with Crippen LogP contribution in [-0.4, -0.2) is 28.7 Å². The van der Waals surface area contributed by atoms with Crippen LogP contribution >= 0.6 is 0 Å². The molecule has 0 aliphatic rings. The predicted octanol–water partition coefficient (Wildman–Crippen LogP) is 3.13. The van der Waals surface area contributed by atoms with E-state index in [1.807, 2.05) is 24.3 Å². The summed E-state index contributed by atoms with van der Waals surface area (Å²) in [6.07, 6.45) is 6.60. The molecule has 0 spiro atoms. The third-order valence-corrected chi connectivity index (χ3v) is 6.42. The second-order valence-corrected chi connectivity index (χ2v) is 7.95. The van der Waals surface area contributed by atoms with Gasteiger partial charge >= 0.3 is 0 Å². The Morgan fingerprint density at radius 1 is 0.562 bits per heavy atom. The number of hydrogen-bond acceptors (Lipinski definition) is 6. The second kappa shape index (κ2) is 5.12. The van der Waals surface area contributed by atoms with Gasteiger partial charge in [0.25, 0.3) is 11.1 Å². The molecule has 6 aromatic heterocycles. The van der Waals surface area contributed by atoms with Gasteiger partial charge < -0.3 is 0 Å². The van der Waals surface area contributed by atoms with Gasteiger partial charge in [0.15, 0.2) is 0 Å². The first-order chi connectivity index (χ1) is 15.7. The van der Waals surface area contributed by atoms with Crippen LogP contribution in [0.4, 0.5) is 0 Å². The normalized spacial score (nSPS) is 12.6. The third kappa shape index (κ3) is 1.64. The zero-order valence-corrected chi connectivity index (χ0v) is 16.3. The fraction of sp³-hybridized carbons (Fsp3) is 0. The fourth-order valence-electron chi connectivity index (χ4n) is 5.10. The summed E-state index contributed by atoms with van der Waals surface area (Å²) in [6, 6.07) is 11.0. The van der Waals surface area contributed by atoms with E-state index in [0.717, 1.165) is 21.5 Å². The molecule has 0 N–H and O–H groups in total. The molecule has 32 heavy (non-hydrogen) atoms. The van der Waals surface area contributed by atoms with Gasteiger partial charge in [0.05, 0.1) is 23.4 Å². The number of rotatable bonds is 0. The maximum Gasteiger partial charge on any atom is 0.264 e. The molecule has 0 aliphatic heterocycles. The molecular formula is C24H10N6O2. The van der Waals surface area contributed by atoms with E-state index in [2.05, 4.69) is 9.97 Å². The molecule has 8 rings (SSSR count). The van der Waals surface area contributed by atoms with Gasteiger partial charge in [-0.15, -0.1) is 0 Å². The Morgan fingerprint density at radius 3 is 1.47 bits per heavy atom. The van der Waals surface area contributed by atoms with Gasteiger partial charge in [0, 0.05) is 44.7 Å². The van der Waals surface area contributed by atoms with Crippen LogP contribution in [0.15, 0.2) is 70.8 Å². The molecule has 2 aromatic carbocycles. The highest BCUT2D eigenvalue weighted by atomic mass is 16.1. The van der Waals surface area contributed by atoms with Crippen LogP contribution in [-0.2, 0) is 0 Å². The maximum absolute atomic E-state index is 13.6. The first-order valence-electron chi connectivity index (χ1n) is 10.1. The zero-order chi connectivity index (χ0) is 21.1. The molecule has 0 amide bonds. The minimum absolute atomic E-state index is 0.166. The van der Waals surface area contributed by atoms with Gasteiger partial charge in [-0.05, 0) is 36.4 Å². The highest BCUT2D eigenvalue weighted by molar-refractivity contribution is 6.27. The van der Waals surface area contributed by atoms with E-state index < -0.39 is 0 Å². The van der Waals surface area contributed by atoms with Crippen LogP contribution in [0, 0.1) is 0 Å². The van der Waals surface area contributed by atoms with Gasteiger partial charge in [0.1, 0.15) is 22.3 Å². The molecule has 8 nitrogen and oxygen atoms in total. The average Bonchev–Trinajstić information content (AvgIpc) is 3.40. The highest BCUT2D eigenvalue weighted by Crippen LogP contribution is 2.36. The average molecular weight is 414 g/mol. The van der Waals surface area contributed by atoms with Crippen LogP contribution in [0.25, 0.3) is 65.7 Å². The number of hydrogen-bond donors (Lipinski definition) is 0. The smallest absolute Gasteiger partial charge is 0.264 e. The SMILES string of the molecule is O=c1c2ccc3c4c(ccc(c24)c2nc4cnccc4n12)c(=O)n1c2ccncc2nc31. The molecule has 0 unspecified atom stereocenters. The van der Waals surface area contributed by atoms with Gasteiger partial charge in [-0.25, -0.2) is 9.97 Å². The van der Waals surface area contributed by atoms with Crippen molar-refractivity contribution in [3.8, 4) is 0 Å². The highest BCUT2D eigenvalue weighted by Gasteiger charge is 2.22. The molecule has 6 heterocycles. The Kier molecular flexibility index (Phi) is 2.56. The number of fused-ring (bicyclic) bond motifs is 8. The summed E-state index contributed by atoms with van der Waals surface area (Å²) >= 11 is 0. The van der Waals surface area contributed by atoms with E-state index in [9.17, 15) is 9.59 Å². The summed E-state index contributed by atoms with van der Waals surface area (Å²) in [5, 5.41) is 4.20. The Labute approximate surface area is 176 Å². The molecule has 0 fully saturated rings. The summed E-state index contributed by atoms with van der Waals surface area (Å²) in [6.45, 7) is 0. The van der Waals surface area contributed by atoms with Crippen LogP contribution in [0.5, 0.6) is 0 Å². The monoisotopic (exact) mass is 414 g/mol. The van der Waals surface area contributed by atoms with E-state index in [1.54, 1.807) is 45.7 Å². The lowest BCUT2D eigenvalue weighted by Crippen LogP contribution is -2.16. The lowest BCUT2D eigenvalue weighted by molar-refractivity contribution is 1.18. The Hall–Kier alpha value is -4.72. The molecule has 0 radical (unpaired) electrons. The van der Waals surface area contributed by atoms with Crippen molar-refractivity contribution in [3.63, 3.8) is 0 Å². The Balaban J connectivity index is 1.73. The van der Waals surface area contributed by atoms with Crippen LogP contribution in [0.3, 0.4) is 0 Å². The molecule has 0 saturated carbocycles. The molecule has 8 heteroatoms. The van der Waals surface area contributed by atoms with Crippen molar-refractivity contribution in [2.45, 2.75) is 0 Å². The van der Waals surface area contributed by atoms with E-state index in [4.69, 9.17) is 9.97 Å². The summed E-state index contributed by atoms with van der Waals surface area (Å²) in [7, 11) is 0. The van der Waals surface area contributed by atoms with Crippen molar-refractivity contribution >= 4 is 65.7 Å². The van der Waals surface area contributed by atoms with Gasteiger partial charge in [-0.3, -0.25) is 28.4 Å². The standard InChI is InChI=1S/C24H10N6O2/c31-23-13-3-1-11-19-14(24(32)29-17-5-7-25-9-15(17)27-21(11)29)4-2-12(20(13)19)22-28-16-10-26-8-6-18(16)30(22)23/h1-10H. The number of pyridine rings is 4. The number of nitrogens with zero attached hydrogens (tertiary/aromatic N) is 6. The summed E-state index contributed by atoms with van der Waals surface area (Å²) < 4.78 is 3.25. The quantitative estimate of drug-likeness (QED) is 0.354. The molecular weight excluding hydrogens is 404 g/mol. The molecule has 0 bridgehead atoms. The van der Waals surface area contributed by atoms with Crippen molar-refractivity contribution in [1.82, 2.24) is 28.7 Å². The van der Waals surface area contributed by atoms with E-state index in [1.165, 1.54) is 0 Å². The first-order valence-corrected chi connectivity index (χ1v) is 10.1. The van der Waals surface area contributed by atoms with Gasteiger partial charge in [-0.2, -0.15) is 0 Å². The zero-order valence-electron chi connectivity index (χ0n) is 16.3. The minimum Gasteiger partial charge on any atom is -0.268 e. The Bertz CT molecular complexity index is 2040. The second-order valence-electron chi connectivity index (χ2n) is 7.95. The number of imidazole rings is 2. The maximum atomic E-state index is 13.6. The van der Waals surface area contributed by atoms with Crippen LogP contribution in [0.2, 0.25) is 0 Å². The first kappa shape index (κ1) is 16.0. The summed E-state index contributed by atoms with van der Waals surface area (Å²) in [5.41, 5.74) is 3.52. The lowest BCUT2D eigenvalue weighted by atomic mass is 9.96. The molecule has 0 aliphatic carbocycles. The van der Waals surface area contributed by atoms with E-state index >= 15 is 0 Å². The van der Waals surface area contributed by atoms with Gasteiger partial charge in [0.2, 0.25) is 0 Å². The summed E-state index contributed by atoms with van der Waals surface area (Å²) in [5.74, 6) is 0. The van der Waals surface area contributed by atoms with Crippen molar-refractivity contribution in [2.75, 3.05) is 0 Å². The molecule has 8 aromatic rings. The van der Waals surface area contributed by atoms with Crippen LogP contribution < -0.4 is 11.1 Å². The van der Waals surface area contributed by atoms with Crippen LogP contribution in [0.1, 0.15) is 0 Å². The molecule has 0 saturated heterocycles. The van der Waals surface area contributed by atoms with Crippen molar-refractivity contribution in [1.29, 1.82) is 0 Å². The third-order valence-electron chi connectivity index (χ3n) is 6.42. The molecule has 0 atom stereocenters. The Morgan fingerprint density at radius 2 is 1.00 bits per heavy atom. The fourth-order valence-corrected chi connectivity index (χ4v) is 5.10. The topological polar surface area (TPSA) is 94.5 Å². The van der Waals surface area contributed by atoms with Crippen molar-refractivity contribution in [3.05, 3.63) is 81.9 Å². The van der Waals surface area contributed by atoms with E-state index in [-0.39, 0.29) is 11.1 Å². The minimum atomic E-state index is -0.166. The number of benzene rings is 2.